The molecule has 11 heteroatoms. The fourth-order valence-electron chi connectivity index (χ4n) is 2.75. The smallest absolute Gasteiger partial charge is 0.337 e. The number of benzene rings is 2. The van der Waals surface area contributed by atoms with Crippen LogP contribution < -0.4 is 0 Å². The molecule has 0 radical (unpaired) electrons. The lowest BCUT2D eigenvalue weighted by Gasteiger charge is -2.11. The summed E-state index contributed by atoms with van der Waals surface area (Å²) < 4.78 is 68.5. The maximum atomic E-state index is 12.6. The van der Waals surface area contributed by atoms with Crippen LogP contribution in [0.15, 0.2) is 57.9 Å². The monoisotopic (exact) mass is 409 g/mol. The van der Waals surface area contributed by atoms with Crippen molar-refractivity contribution in [1.29, 1.82) is 0 Å². The van der Waals surface area contributed by atoms with Crippen molar-refractivity contribution in [3.05, 3.63) is 65.5 Å². The van der Waals surface area contributed by atoms with Gasteiger partial charge in [0.2, 0.25) is 11.7 Å². The van der Waals surface area contributed by atoms with Crippen LogP contribution in [0.3, 0.4) is 0 Å². The number of hydrogen-bond donors (Lipinski definition) is 0. The molecule has 2 aromatic carbocycles. The van der Waals surface area contributed by atoms with Crippen LogP contribution in [0.2, 0.25) is 0 Å². The summed E-state index contributed by atoms with van der Waals surface area (Å²) in [5.74, 6) is -0.908. The molecule has 0 saturated carbocycles. The minimum Gasteiger partial charge on any atom is -0.337 e. The van der Waals surface area contributed by atoms with Crippen LogP contribution in [0, 0.1) is 0 Å². The van der Waals surface area contributed by atoms with E-state index in [9.17, 15) is 26.4 Å². The third kappa shape index (κ3) is 2.93. The number of hydrogen-bond acceptors (Lipinski definition) is 6. The zero-order valence-corrected chi connectivity index (χ0v) is 14.7. The summed E-state index contributed by atoms with van der Waals surface area (Å²) >= 11 is 0. The van der Waals surface area contributed by atoms with Crippen molar-refractivity contribution in [2.24, 2.45) is 0 Å². The zero-order chi connectivity index (χ0) is 20.1. The Bertz CT molecular complexity index is 1170. The number of amides is 1. The average molecular weight is 409 g/mol. The second kappa shape index (κ2) is 6.16. The average Bonchev–Trinajstić information content (AvgIpc) is 3.20. The molecule has 28 heavy (non-hydrogen) atoms. The van der Waals surface area contributed by atoms with Crippen LogP contribution in [-0.2, 0) is 22.7 Å². The van der Waals surface area contributed by atoms with Crippen LogP contribution in [0.25, 0.3) is 11.4 Å². The number of fused-ring (bicyclic) bond motifs is 1. The number of halogens is 3. The van der Waals surface area contributed by atoms with Gasteiger partial charge < -0.3 is 4.52 Å². The lowest BCUT2D eigenvalue weighted by molar-refractivity contribution is -0.137. The lowest BCUT2D eigenvalue weighted by atomic mass is 10.1. The largest absolute Gasteiger partial charge is 0.416 e. The molecule has 0 N–H and O–H groups in total. The summed E-state index contributed by atoms with van der Waals surface area (Å²) in [7, 11) is -4.04. The molecule has 1 aromatic heterocycles. The van der Waals surface area contributed by atoms with Gasteiger partial charge in [-0.15, -0.1) is 0 Å². The van der Waals surface area contributed by atoms with E-state index in [2.05, 4.69) is 10.1 Å². The third-order valence-electron chi connectivity index (χ3n) is 4.13. The van der Waals surface area contributed by atoms with Crippen molar-refractivity contribution in [2.75, 3.05) is 0 Å². The van der Waals surface area contributed by atoms with Gasteiger partial charge in [0.1, 0.15) is 11.4 Å². The van der Waals surface area contributed by atoms with E-state index in [1.165, 1.54) is 30.3 Å². The number of alkyl halides is 3. The van der Waals surface area contributed by atoms with Gasteiger partial charge >= 0.3 is 6.18 Å². The minimum atomic E-state index is -4.47. The Morgan fingerprint density at radius 1 is 1.04 bits per heavy atom. The molecule has 0 fully saturated rings. The fraction of sp³-hybridized carbons (Fsp3) is 0.118. The Kier molecular flexibility index (Phi) is 4.00. The zero-order valence-electron chi connectivity index (χ0n) is 13.8. The second-order valence-electron chi connectivity index (χ2n) is 5.90. The van der Waals surface area contributed by atoms with Crippen molar-refractivity contribution in [3.63, 3.8) is 0 Å². The van der Waals surface area contributed by atoms with Crippen LogP contribution in [0.5, 0.6) is 0 Å². The van der Waals surface area contributed by atoms with Crippen molar-refractivity contribution in [3.8, 4) is 11.4 Å². The van der Waals surface area contributed by atoms with Crippen molar-refractivity contribution in [2.45, 2.75) is 17.6 Å². The summed E-state index contributed by atoms with van der Waals surface area (Å²) in [6, 6.07) is 9.86. The summed E-state index contributed by atoms with van der Waals surface area (Å²) in [6.07, 6.45) is -4.47. The fourth-order valence-corrected chi connectivity index (χ4v) is 4.27. The SMILES string of the molecule is O=C1c2ccccc2S(=O)(=O)N1Cc1nc(-c2ccc(C(F)(F)F)cc2)no1. The molecule has 0 saturated heterocycles. The van der Waals surface area contributed by atoms with Crippen LogP contribution in [-0.4, -0.2) is 28.8 Å². The molecular weight excluding hydrogens is 399 g/mol. The first-order valence-corrected chi connectivity index (χ1v) is 9.28. The number of rotatable bonds is 3. The summed E-state index contributed by atoms with van der Waals surface area (Å²) in [6.45, 7) is -0.483. The Morgan fingerprint density at radius 2 is 1.71 bits per heavy atom. The molecule has 0 unspecified atom stereocenters. The molecule has 7 nitrogen and oxygen atoms in total. The Balaban J connectivity index is 1.59. The first-order chi connectivity index (χ1) is 13.2. The first-order valence-electron chi connectivity index (χ1n) is 7.84. The van der Waals surface area contributed by atoms with E-state index in [1.807, 2.05) is 0 Å². The van der Waals surface area contributed by atoms with Gasteiger partial charge in [0.15, 0.2) is 0 Å². The van der Waals surface area contributed by atoms with E-state index in [0.29, 0.717) is 4.31 Å². The topological polar surface area (TPSA) is 93.4 Å². The molecule has 0 bridgehead atoms. The molecule has 3 aromatic rings. The van der Waals surface area contributed by atoms with Crippen LogP contribution in [0.4, 0.5) is 13.2 Å². The normalized spacial score (nSPS) is 15.7. The maximum Gasteiger partial charge on any atom is 0.416 e. The van der Waals surface area contributed by atoms with Gasteiger partial charge in [0, 0.05) is 5.56 Å². The van der Waals surface area contributed by atoms with Crippen LogP contribution >= 0.6 is 0 Å². The van der Waals surface area contributed by atoms with Gasteiger partial charge in [0.25, 0.3) is 15.9 Å². The van der Waals surface area contributed by atoms with Crippen molar-refractivity contribution in [1.82, 2.24) is 14.4 Å². The van der Waals surface area contributed by atoms with E-state index >= 15 is 0 Å². The van der Waals surface area contributed by atoms with Gasteiger partial charge in [-0.1, -0.05) is 29.4 Å². The molecule has 1 aliphatic heterocycles. The van der Waals surface area contributed by atoms with Gasteiger partial charge in [0.05, 0.1) is 11.1 Å². The van der Waals surface area contributed by atoms with Crippen LogP contribution in [0.1, 0.15) is 21.8 Å². The quantitative estimate of drug-likeness (QED) is 0.660. The first kappa shape index (κ1) is 18.2. The summed E-state index contributed by atoms with van der Waals surface area (Å²) in [5.41, 5.74) is -0.529. The molecule has 0 aliphatic carbocycles. The van der Waals surface area contributed by atoms with E-state index in [-0.39, 0.29) is 27.7 Å². The number of carbonyl (C=O) groups excluding carboxylic acids is 1. The summed E-state index contributed by atoms with van der Waals surface area (Å²) in [4.78, 5) is 16.2. The predicted molar refractivity (Wildman–Crippen MR) is 88.2 cm³/mol. The van der Waals surface area contributed by atoms with Gasteiger partial charge in [-0.3, -0.25) is 4.79 Å². The standard InChI is InChI=1S/C17H10F3N3O4S/c18-17(19,20)11-7-5-10(6-8-11)15-21-14(27-22-15)9-23-16(24)12-3-1-2-4-13(12)28(23,25)26/h1-8H,9H2. The maximum absolute atomic E-state index is 12.6. The number of sulfonamides is 1. The Hall–Kier alpha value is -3.21. The van der Waals surface area contributed by atoms with E-state index in [4.69, 9.17) is 4.52 Å². The predicted octanol–water partition coefficient (Wildman–Crippen LogP) is 3.10. The molecule has 0 atom stereocenters. The molecule has 2 heterocycles. The van der Waals surface area contributed by atoms with E-state index in [0.717, 1.165) is 12.1 Å². The number of aromatic nitrogens is 2. The number of nitrogens with zero attached hydrogens (tertiary/aromatic N) is 3. The highest BCUT2D eigenvalue weighted by atomic mass is 32.2. The number of carbonyl (C=O) groups is 1. The molecule has 0 spiro atoms. The molecular formula is C17H10F3N3O4S. The Morgan fingerprint density at radius 3 is 2.36 bits per heavy atom. The van der Waals surface area contributed by atoms with E-state index in [1.54, 1.807) is 6.07 Å². The molecule has 4 rings (SSSR count). The molecule has 144 valence electrons. The lowest BCUT2D eigenvalue weighted by Crippen LogP contribution is -2.29. The Labute approximate surface area is 156 Å². The van der Waals surface area contributed by atoms with Crippen molar-refractivity contribution < 1.29 is 30.9 Å². The van der Waals surface area contributed by atoms with Gasteiger partial charge in [-0.25, -0.2) is 12.7 Å². The second-order valence-corrected chi connectivity index (χ2v) is 7.73. The third-order valence-corrected chi connectivity index (χ3v) is 5.92. The highest BCUT2D eigenvalue weighted by molar-refractivity contribution is 7.90. The van der Waals surface area contributed by atoms with Gasteiger partial charge in [-0.05, 0) is 24.3 Å². The van der Waals surface area contributed by atoms with E-state index < -0.39 is 34.2 Å². The minimum absolute atomic E-state index is 0.0229. The molecule has 1 amide bonds. The highest BCUT2D eigenvalue weighted by Gasteiger charge is 2.41. The van der Waals surface area contributed by atoms with Crippen molar-refractivity contribution >= 4 is 15.9 Å². The van der Waals surface area contributed by atoms with Gasteiger partial charge in [-0.2, -0.15) is 18.2 Å². The highest BCUT2D eigenvalue weighted by Crippen LogP contribution is 2.32. The summed E-state index contributed by atoms with van der Waals surface area (Å²) in [5, 5.41) is 3.64. The molecule has 1 aliphatic rings.